The number of hydrogen-bond donors (Lipinski definition) is 2. The molecule has 1 aromatic carbocycles. The summed E-state index contributed by atoms with van der Waals surface area (Å²) in [6.07, 6.45) is 4.68. The third-order valence-electron chi connectivity index (χ3n) is 2.38. The third-order valence-corrected chi connectivity index (χ3v) is 3.71. The molecule has 4 nitrogen and oxygen atoms in total. The summed E-state index contributed by atoms with van der Waals surface area (Å²) in [4.78, 5) is -0.255. The van der Waals surface area contributed by atoms with Crippen molar-refractivity contribution in [1.82, 2.24) is 0 Å². The van der Waals surface area contributed by atoms with E-state index in [0.717, 1.165) is 12.0 Å². The highest BCUT2D eigenvalue weighted by Gasteiger charge is 2.13. The van der Waals surface area contributed by atoms with Crippen LogP contribution in [0.15, 0.2) is 23.1 Å². The second-order valence-electron chi connectivity index (χ2n) is 4.19. The van der Waals surface area contributed by atoms with E-state index in [9.17, 15) is 8.42 Å². The zero-order valence-corrected chi connectivity index (χ0v) is 12.8. The van der Waals surface area contributed by atoms with E-state index < -0.39 is 10.1 Å². The van der Waals surface area contributed by atoms with Crippen LogP contribution in [0, 0.1) is 6.92 Å². The van der Waals surface area contributed by atoms with Crippen LogP contribution in [0.3, 0.4) is 0 Å². The SMILES string of the molecule is CCCCCCO.Cc1ccc(S(=O)(=O)O)c(Cl)c1. The Morgan fingerprint density at radius 1 is 1.21 bits per heavy atom. The van der Waals surface area contributed by atoms with Gasteiger partial charge in [0.15, 0.2) is 0 Å². The van der Waals surface area contributed by atoms with Gasteiger partial charge in [-0.25, -0.2) is 0 Å². The molecule has 0 aliphatic carbocycles. The predicted molar refractivity (Wildman–Crippen MR) is 77.2 cm³/mol. The summed E-state index contributed by atoms with van der Waals surface area (Å²) < 4.78 is 29.9. The van der Waals surface area contributed by atoms with E-state index in [1.807, 2.05) is 0 Å². The fourth-order valence-corrected chi connectivity index (χ4v) is 2.43. The van der Waals surface area contributed by atoms with Crippen molar-refractivity contribution >= 4 is 21.7 Å². The van der Waals surface area contributed by atoms with Gasteiger partial charge in [-0.2, -0.15) is 8.42 Å². The molecule has 0 heterocycles. The fourth-order valence-electron chi connectivity index (χ4n) is 1.35. The highest BCUT2D eigenvalue weighted by molar-refractivity contribution is 7.86. The lowest BCUT2D eigenvalue weighted by molar-refractivity contribution is 0.283. The van der Waals surface area contributed by atoms with Gasteiger partial charge >= 0.3 is 0 Å². The van der Waals surface area contributed by atoms with E-state index in [0.29, 0.717) is 6.61 Å². The Labute approximate surface area is 120 Å². The van der Waals surface area contributed by atoms with Gasteiger partial charge in [0.25, 0.3) is 10.1 Å². The molecule has 0 atom stereocenters. The first-order valence-electron chi connectivity index (χ1n) is 6.17. The summed E-state index contributed by atoms with van der Waals surface area (Å²) in [5.74, 6) is 0. The molecule has 1 aromatic rings. The Bertz CT molecular complexity index is 468. The van der Waals surface area contributed by atoms with Crippen LogP contribution in [0.25, 0.3) is 0 Å². The number of halogens is 1. The molecule has 6 heteroatoms. The first-order valence-corrected chi connectivity index (χ1v) is 7.99. The van der Waals surface area contributed by atoms with Crippen molar-refractivity contribution in [2.24, 2.45) is 0 Å². The van der Waals surface area contributed by atoms with Gasteiger partial charge in [-0.15, -0.1) is 0 Å². The molecule has 0 amide bonds. The van der Waals surface area contributed by atoms with Crippen LogP contribution in [-0.2, 0) is 10.1 Å². The van der Waals surface area contributed by atoms with Crippen LogP contribution < -0.4 is 0 Å². The van der Waals surface area contributed by atoms with Gasteiger partial charge in [0.2, 0.25) is 0 Å². The van der Waals surface area contributed by atoms with Gasteiger partial charge in [-0.3, -0.25) is 4.55 Å². The summed E-state index contributed by atoms with van der Waals surface area (Å²) in [7, 11) is -4.18. The topological polar surface area (TPSA) is 74.6 Å². The van der Waals surface area contributed by atoms with E-state index in [2.05, 4.69) is 6.92 Å². The maximum atomic E-state index is 10.6. The molecule has 0 saturated heterocycles. The second-order valence-corrected chi connectivity index (χ2v) is 5.99. The number of hydrogen-bond acceptors (Lipinski definition) is 3. The van der Waals surface area contributed by atoms with Crippen molar-refractivity contribution in [2.75, 3.05) is 6.61 Å². The molecule has 0 aromatic heterocycles. The molecule has 0 aliphatic heterocycles. The Kier molecular flexibility index (Phi) is 9.01. The van der Waals surface area contributed by atoms with Gasteiger partial charge in [0, 0.05) is 6.61 Å². The highest BCUT2D eigenvalue weighted by atomic mass is 35.5. The highest BCUT2D eigenvalue weighted by Crippen LogP contribution is 2.21. The molecule has 0 radical (unpaired) electrons. The van der Waals surface area contributed by atoms with Gasteiger partial charge in [-0.05, 0) is 31.0 Å². The summed E-state index contributed by atoms with van der Waals surface area (Å²) >= 11 is 5.57. The number of aryl methyl sites for hydroxylation is 1. The zero-order valence-electron chi connectivity index (χ0n) is 11.3. The van der Waals surface area contributed by atoms with E-state index in [1.54, 1.807) is 13.0 Å². The molecular weight excluding hydrogens is 288 g/mol. The Hall–Kier alpha value is -0.620. The van der Waals surface area contributed by atoms with Crippen LogP contribution in [0.5, 0.6) is 0 Å². The number of benzene rings is 1. The van der Waals surface area contributed by atoms with E-state index >= 15 is 0 Å². The second kappa shape index (κ2) is 9.31. The summed E-state index contributed by atoms with van der Waals surface area (Å²) in [5.41, 5.74) is 0.840. The molecule has 0 spiro atoms. The fraction of sp³-hybridized carbons (Fsp3) is 0.538. The molecule has 0 fully saturated rings. The molecule has 0 unspecified atom stereocenters. The lowest BCUT2D eigenvalue weighted by atomic mass is 10.2. The number of aliphatic hydroxyl groups is 1. The summed E-state index contributed by atoms with van der Waals surface area (Å²) in [5, 5.41) is 8.33. The first kappa shape index (κ1) is 18.4. The van der Waals surface area contributed by atoms with Crippen LogP contribution in [0.1, 0.15) is 38.2 Å². The van der Waals surface area contributed by atoms with Crippen molar-refractivity contribution in [3.05, 3.63) is 28.8 Å². The molecule has 2 N–H and O–H groups in total. The van der Waals surface area contributed by atoms with Crippen LogP contribution in [-0.4, -0.2) is 24.7 Å². The maximum Gasteiger partial charge on any atom is 0.296 e. The predicted octanol–water partition coefficient (Wildman–Crippen LogP) is 3.45. The Balaban J connectivity index is 0.000000399. The van der Waals surface area contributed by atoms with Crippen LogP contribution in [0.4, 0.5) is 0 Å². The van der Waals surface area contributed by atoms with Crippen molar-refractivity contribution in [2.45, 2.75) is 44.4 Å². The lowest BCUT2D eigenvalue weighted by Crippen LogP contribution is -1.98. The van der Waals surface area contributed by atoms with Crippen LogP contribution >= 0.6 is 11.6 Å². The average molecular weight is 309 g/mol. The molecule has 19 heavy (non-hydrogen) atoms. The van der Waals surface area contributed by atoms with E-state index in [-0.39, 0.29) is 9.92 Å². The normalized spacial score (nSPS) is 10.8. The van der Waals surface area contributed by atoms with Crippen LogP contribution in [0.2, 0.25) is 5.02 Å². The standard InChI is InChI=1S/C7H7ClO3S.C6H14O/c1-5-2-3-7(6(8)4-5)12(9,10)11;1-2-3-4-5-6-7/h2-4H,1H3,(H,9,10,11);7H,2-6H2,1H3. The quantitative estimate of drug-likeness (QED) is 0.645. The minimum atomic E-state index is -4.18. The summed E-state index contributed by atoms with van der Waals surface area (Å²) in [6.45, 7) is 4.30. The Morgan fingerprint density at radius 2 is 1.84 bits per heavy atom. The zero-order chi connectivity index (χ0) is 14.9. The first-order chi connectivity index (χ1) is 8.82. The van der Waals surface area contributed by atoms with Gasteiger partial charge < -0.3 is 5.11 Å². The monoisotopic (exact) mass is 308 g/mol. The molecule has 0 saturated carbocycles. The average Bonchev–Trinajstić information content (AvgIpc) is 2.28. The smallest absolute Gasteiger partial charge is 0.296 e. The minimum Gasteiger partial charge on any atom is -0.396 e. The van der Waals surface area contributed by atoms with Crippen molar-refractivity contribution in [1.29, 1.82) is 0 Å². The maximum absolute atomic E-state index is 10.6. The molecule has 110 valence electrons. The van der Waals surface area contributed by atoms with Crippen molar-refractivity contribution in [3.8, 4) is 0 Å². The summed E-state index contributed by atoms with van der Waals surface area (Å²) in [6, 6.07) is 4.31. The minimum absolute atomic E-state index is 0.0394. The van der Waals surface area contributed by atoms with E-state index in [4.69, 9.17) is 21.3 Å². The Morgan fingerprint density at radius 3 is 2.26 bits per heavy atom. The van der Waals surface area contributed by atoms with E-state index in [1.165, 1.54) is 31.4 Å². The van der Waals surface area contributed by atoms with Crippen molar-refractivity contribution < 1.29 is 18.1 Å². The molecule has 0 bridgehead atoms. The number of unbranched alkanes of at least 4 members (excludes halogenated alkanes) is 3. The lowest BCUT2D eigenvalue weighted by Gasteiger charge is -2.00. The third kappa shape index (κ3) is 8.21. The van der Waals surface area contributed by atoms with Crippen molar-refractivity contribution in [3.63, 3.8) is 0 Å². The van der Waals surface area contributed by atoms with Gasteiger partial charge in [0.1, 0.15) is 4.90 Å². The van der Waals surface area contributed by atoms with Gasteiger partial charge in [-0.1, -0.05) is 43.9 Å². The molecular formula is C13H21ClO4S. The molecule has 1 rings (SSSR count). The number of aliphatic hydroxyl groups excluding tert-OH is 1. The number of rotatable bonds is 5. The van der Waals surface area contributed by atoms with Gasteiger partial charge in [0.05, 0.1) is 5.02 Å². The largest absolute Gasteiger partial charge is 0.396 e. The molecule has 0 aliphatic rings.